The van der Waals surface area contributed by atoms with E-state index in [1.54, 1.807) is 12.1 Å². The van der Waals surface area contributed by atoms with Gasteiger partial charge in [-0.1, -0.05) is 30.3 Å². The Morgan fingerprint density at radius 2 is 1.83 bits per heavy atom. The lowest BCUT2D eigenvalue weighted by molar-refractivity contribution is -0.0493. The van der Waals surface area contributed by atoms with Crippen LogP contribution in [0.25, 0.3) is 5.70 Å². The number of halogens is 3. The van der Waals surface area contributed by atoms with E-state index in [9.17, 15) is 8.78 Å². The monoisotopic (exact) mass is 596 g/mol. The number of ether oxygens (including phenoxy) is 1. The number of nitrogens with one attached hydrogen (secondary N) is 3. The maximum Gasteiger partial charge on any atom is 0.387 e. The molecule has 3 aliphatic heterocycles. The van der Waals surface area contributed by atoms with E-state index in [1.807, 2.05) is 24.3 Å². The molecule has 222 valence electrons. The molecule has 0 radical (unpaired) electrons. The third kappa shape index (κ3) is 6.23. The van der Waals surface area contributed by atoms with E-state index in [2.05, 4.69) is 54.2 Å². The van der Waals surface area contributed by atoms with E-state index in [0.29, 0.717) is 29.1 Å². The zero-order valence-corrected chi connectivity index (χ0v) is 24.3. The predicted octanol–water partition coefficient (Wildman–Crippen LogP) is 5.51. The van der Waals surface area contributed by atoms with Crippen LogP contribution in [0.4, 0.5) is 37.6 Å². The molecule has 1 aromatic heterocycles. The fourth-order valence-corrected chi connectivity index (χ4v) is 6.08. The van der Waals surface area contributed by atoms with Gasteiger partial charge in [0.15, 0.2) is 11.6 Å². The van der Waals surface area contributed by atoms with Crippen LogP contribution in [-0.4, -0.2) is 78.7 Å². The van der Waals surface area contributed by atoms with Gasteiger partial charge in [-0.25, -0.2) is 4.98 Å². The normalized spacial score (nSPS) is 18.2. The van der Waals surface area contributed by atoms with Crippen molar-refractivity contribution in [2.75, 3.05) is 61.8 Å². The van der Waals surface area contributed by atoms with Gasteiger partial charge in [0, 0.05) is 80.6 Å². The second-order valence-corrected chi connectivity index (χ2v) is 11.3. The number of nitrogens with zero attached hydrogens (tertiary/aromatic N) is 5. The summed E-state index contributed by atoms with van der Waals surface area (Å²) in [4.78, 5) is 16.0. The molecule has 3 aromatic rings. The molecule has 2 saturated heterocycles. The van der Waals surface area contributed by atoms with Crippen LogP contribution in [0.3, 0.4) is 0 Å². The molecule has 0 atom stereocenters. The SMILES string of the molecule is C=C1NCc2cccc(Nc3nc(Nc4ccc(N5CCC(N6CCN(C)CC6)CC5)cc4OC(F)F)ncc3Cl)c21. The molecule has 2 aromatic carbocycles. The molecular formula is C30H35ClF2N8O. The molecule has 3 aliphatic rings. The first kappa shape index (κ1) is 28.4. The minimum Gasteiger partial charge on any atom is -0.433 e. The zero-order valence-electron chi connectivity index (χ0n) is 23.5. The summed E-state index contributed by atoms with van der Waals surface area (Å²) in [6.07, 6.45) is 3.54. The summed E-state index contributed by atoms with van der Waals surface area (Å²) in [7, 11) is 2.16. The van der Waals surface area contributed by atoms with Gasteiger partial charge in [-0.05, 0) is 43.7 Å². The molecule has 4 heterocycles. The van der Waals surface area contributed by atoms with Gasteiger partial charge in [0.25, 0.3) is 0 Å². The summed E-state index contributed by atoms with van der Waals surface area (Å²) < 4.78 is 31.8. The number of rotatable bonds is 8. The van der Waals surface area contributed by atoms with E-state index in [1.165, 1.54) is 6.20 Å². The summed E-state index contributed by atoms with van der Waals surface area (Å²) >= 11 is 6.42. The first-order valence-electron chi connectivity index (χ1n) is 14.2. The molecule has 6 rings (SSSR count). The molecule has 9 nitrogen and oxygen atoms in total. The van der Waals surface area contributed by atoms with E-state index in [-0.39, 0.29) is 11.7 Å². The molecule has 0 unspecified atom stereocenters. The summed E-state index contributed by atoms with van der Waals surface area (Å²) in [5, 5.41) is 9.87. The van der Waals surface area contributed by atoms with Crippen LogP contribution in [-0.2, 0) is 6.54 Å². The topological polar surface area (TPSA) is 80.8 Å². The number of benzene rings is 2. The summed E-state index contributed by atoms with van der Waals surface area (Å²) in [5.74, 6) is 0.588. The Morgan fingerprint density at radius 1 is 1.05 bits per heavy atom. The molecular weight excluding hydrogens is 562 g/mol. The fourth-order valence-electron chi connectivity index (χ4n) is 5.94. The van der Waals surface area contributed by atoms with Gasteiger partial charge < -0.3 is 30.5 Å². The first-order chi connectivity index (χ1) is 20.3. The number of hydrogen-bond donors (Lipinski definition) is 3. The van der Waals surface area contributed by atoms with Gasteiger partial charge in [0.1, 0.15) is 5.02 Å². The maximum absolute atomic E-state index is 13.5. The molecule has 3 N–H and O–H groups in total. The van der Waals surface area contributed by atoms with Crippen LogP contribution in [0.15, 0.2) is 49.2 Å². The van der Waals surface area contributed by atoms with Gasteiger partial charge in [-0.3, -0.25) is 4.90 Å². The van der Waals surface area contributed by atoms with Crippen LogP contribution >= 0.6 is 11.6 Å². The highest BCUT2D eigenvalue weighted by atomic mass is 35.5. The standard InChI is InChI=1S/C30H35ClF2N8O/c1-19-27-20(17-34-19)4-3-5-25(27)36-28-23(31)18-35-30(38-28)37-24-7-6-22(16-26(24)42-29(32)33)40-10-8-21(9-11-40)41-14-12-39(2)13-15-41/h3-7,16,18,21,29,34H,1,8-15,17H2,2H3,(H2,35,36,37,38). The molecule has 0 saturated carbocycles. The van der Waals surface area contributed by atoms with E-state index in [4.69, 9.17) is 16.3 Å². The second kappa shape index (κ2) is 12.3. The largest absolute Gasteiger partial charge is 0.433 e. The number of aromatic nitrogens is 2. The lowest BCUT2D eigenvalue weighted by Crippen LogP contribution is -2.52. The van der Waals surface area contributed by atoms with Crippen LogP contribution < -0.4 is 25.6 Å². The third-order valence-corrected chi connectivity index (χ3v) is 8.53. The predicted molar refractivity (Wildman–Crippen MR) is 163 cm³/mol. The van der Waals surface area contributed by atoms with Crippen LogP contribution in [0.1, 0.15) is 24.0 Å². The van der Waals surface area contributed by atoms with Crippen molar-refractivity contribution in [3.63, 3.8) is 0 Å². The second-order valence-electron chi connectivity index (χ2n) is 10.9. The highest BCUT2D eigenvalue weighted by Gasteiger charge is 2.27. The average molecular weight is 597 g/mol. The van der Waals surface area contributed by atoms with Crippen molar-refractivity contribution < 1.29 is 13.5 Å². The number of piperazine rings is 1. The fraction of sp³-hybridized carbons (Fsp3) is 0.400. The van der Waals surface area contributed by atoms with E-state index < -0.39 is 6.61 Å². The minimum atomic E-state index is -2.98. The number of likely N-dealkylation sites (N-methyl/N-ethyl adjacent to an activating group) is 1. The molecule has 0 bridgehead atoms. The van der Waals surface area contributed by atoms with E-state index in [0.717, 1.165) is 80.3 Å². The zero-order chi connectivity index (χ0) is 29.2. The van der Waals surface area contributed by atoms with E-state index >= 15 is 0 Å². The molecule has 2 fully saturated rings. The highest BCUT2D eigenvalue weighted by molar-refractivity contribution is 6.33. The van der Waals surface area contributed by atoms with Gasteiger partial charge in [-0.2, -0.15) is 13.8 Å². The number of anilines is 5. The molecule has 12 heteroatoms. The Morgan fingerprint density at radius 3 is 2.60 bits per heavy atom. The highest BCUT2D eigenvalue weighted by Crippen LogP contribution is 2.36. The smallest absolute Gasteiger partial charge is 0.387 e. The molecule has 0 aliphatic carbocycles. The van der Waals surface area contributed by atoms with Crippen molar-refractivity contribution in [3.05, 3.63) is 65.3 Å². The average Bonchev–Trinajstić information content (AvgIpc) is 3.37. The van der Waals surface area contributed by atoms with Crippen LogP contribution in [0.5, 0.6) is 5.75 Å². The lowest BCUT2D eigenvalue weighted by atomic mass is 10.0. The number of alkyl halides is 2. The van der Waals surface area contributed by atoms with Crippen molar-refractivity contribution in [2.45, 2.75) is 32.0 Å². The van der Waals surface area contributed by atoms with Crippen molar-refractivity contribution in [2.24, 2.45) is 0 Å². The van der Waals surface area contributed by atoms with Gasteiger partial charge in [0.05, 0.1) is 11.9 Å². The maximum atomic E-state index is 13.5. The lowest BCUT2D eigenvalue weighted by Gasteiger charge is -2.42. The summed E-state index contributed by atoms with van der Waals surface area (Å²) in [6, 6.07) is 11.8. The van der Waals surface area contributed by atoms with Gasteiger partial charge in [-0.15, -0.1) is 0 Å². The van der Waals surface area contributed by atoms with Gasteiger partial charge in [0.2, 0.25) is 5.95 Å². The van der Waals surface area contributed by atoms with Crippen LogP contribution in [0, 0.1) is 0 Å². The Labute approximate surface area is 249 Å². The Hall–Kier alpha value is -3.67. The number of fused-ring (bicyclic) bond motifs is 1. The third-order valence-electron chi connectivity index (χ3n) is 8.25. The summed E-state index contributed by atoms with van der Waals surface area (Å²) in [5.41, 5.74) is 4.88. The number of hydrogen-bond acceptors (Lipinski definition) is 9. The minimum absolute atomic E-state index is 0.0278. The van der Waals surface area contributed by atoms with Crippen molar-refractivity contribution >= 4 is 46.1 Å². The Bertz CT molecular complexity index is 1440. The number of piperidine rings is 1. The quantitative estimate of drug-likeness (QED) is 0.312. The Balaban J connectivity index is 1.17. The molecule has 42 heavy (non-hydrogen) atoms. The van der Waals surface area contributed by atoms with Gasteiger partial charge >= 0.3 is 6.61 Å². The van der Waals surface area contributed by atoms with Crippen molar-refractivity contribution in [3.8, 4) is 5.75 Å². The van der Waals surface area contributed by atoms with Crippen LogP contribution in [0.2, 0.25) is 5.02 Å². The molecule has 0 amide bonds. The Kier molecular flexibility index (Phi) is 8.32. The first-order valence-corrected chi connectivity index (χ1v) is 14.6. The summed E-state index contributed by atoms with van der Waals surface area (Å²) in [6.45, 7) is 7.91. The van der Waals surface area contributed by atoms with Crippen molar-refractivity contribution in [1.29, 1.82) is 0 Å². The molecule has 0 spiro atoms. The van der Waals surface area contributed by atoms with Crippen molar-refractivity contribution in [1.82, 2.24) is 25.1 Å².